The fraction of sp³-hybridized carbons (Fsp3) is 0.684. The van der Waals surface area contributed by atoms with Crippen molar-refractivity contribution in [2.75, 3.05) is 53.5 Å². The van der Waals surface area contributed by atoms with E-state index in [1.165, 1.54) is 0 Å². The van der Waals surface area contributed by atoms with Crippen molar-refractivity contribution >= 4 is 23.2 Å². The first kappa shape index (κ1) is 19.3. The van der Waals surface area contributed by atoms with Gasteiger partial charge >= 0.3 is 0 Å². The number of piperazine rings is 1. The Bertz CT molecular complexity index is 662. The van der Waals surface area contributed by atoms with Crippen molar-refractivity contribution in [1.82, 2.24) is 14.7 Å². The summed E-state index contributed by atoms with van der Waals surface area (Å²) in [6.45, 7) is 6.26. The first-order chi connectivity index (χ1) is 12.4. The van der Waals surface area contributed by atoms with Crippen LogP contribution in [0.15, 0.2) is 12.1 Å². The first-order valence-electron chi connectivity index (χ1n) is 9.29. The van der Waals surface area contributed by atoms with Gasteiger partial charge in [-0.25, -0.2) is 0 Å². The number of rotatable bonds is 4. The summed E-state index contributed by atoms with van der Waals surface area (Å²) in [5.41, 5.74) is -0.113. The molecule has 1 aromatic rings. The third kappa shape index (κ3) is 3.94. The van der Waals surface area contributed by atoms with Gasteiger partial charge in [-0.3, -0.25) is 14.5 Å². The smallest absolute Gasteiger partial charge is 0.264 e. The lowest BCUT2D eigenvalue weighted by molar-refractivity contribution is -0.131. The van der Waals surface area contributed by atoms with Crippen LogP contribution >= 0.6 is 11.3 Å². The molecule has 0 N–H and O–H groups in total. The summed E-state index contributed by atoms with van der Waals surface area (Å²) >= 11 is 1.56. The molecule has 1 spiro atoms. The summed E-state index contributed by atoms with van der Waals surface area (Å²) in [6, 6.07) is 3.93. The van der Waals surface area contributed by atoms with Crippen molar-refractivity contribution in [3.05, 3.63) is 21.9 Å². The van der Waals surface area contributed by atoms with E-state index >= 15 is 0 Å². The zero-order chi connectivity index (χ0) is 18.7. The molecule has 2 fully saturated rings. The Morgan fingerprint density at radius 2 is 2.08 bits per heavy atom. The van der Waals surface area contributed by atoms with E-state index in [4.69, 9.17) is 4.74 Å². The maximum atomic E-state index is 12.9. The number of hydrogen-bond donors (Lipinski definition) is 0. The van der Waals surface area contributed by atoms with Crippen LogP contribution < -0.4 is 0 Å². The molecular formula is C19H29N3O3S. The highest BCUT2D eigenvalue weighted by Gasteiger charge is 2.43. The topological polar surface area (TPSA) is 53.1 Å². The molecule has 2 aliphatic rings. The van der Waals surface area contributed by atoms with Crippen LogP contribution in [0, 0.1) is 6.92 Å². The number of carbonyl (C=O) groups excluding carboxylic acids is 2. The number of carbonyl (C=O) groups is 2. The number of thiophene rings is 1. The van der Waals surface area contributed by atoms with Crippen LogP contribution in [0.4, 0.5) is 0 Å². The van der Waals surface area contributed by atoms with Gasteiger partial charge in [0, 0.05) is 56.7 Å². The minimum Gasteiger partial charge on any atom is -0.383 e. The molecule has 0 radical (unpaired) electrons. The number of aryl methyl sites for hydroxylation is 1. The van der Waals surface area contributed by atoms with E-state index in [1.807, 2.05) is 28.9 Å². The Morgan fingerprint density at radius 1 is 1.27 bits per heavy atom. The Kier molecular flexibility index (Phi) is 5.99. The van der Waals surface area contributed by atoms with Crippen LogP contribution in [0.2, 0.25) is 0 Å². The summed E-state index contributed by atoms with van der Waals surface area (Å²) in [5.74, 6) is 0.326. The molecule has 0 bridgehead atoms. The number of amides is 2. The molecule has 2 amide bonds. The van der Waals surface area contributed by atoms with Gasteiger partial charge in [0.1, 0.15) is 0 Å². The lowest BCUT2D eigenvalue weighted by atomic mass is 9.86. The van der Waals surface area contributed by atoms with Crippen LogP contribution in [0.5, 0.6) is 0 Å². The van der Waals surface area contributed by atoms with Crippen LogP contribution in [-0.2, 0) is 9.53 Å². The van der Waals surface area contributed by atoms with Crippen LogP contribution in [0.25, 0.3) is 0 Å². The SMILES string of the molecule is COCCN1CC[C@]2(CCC1=O)CN(C(=O)c1ccc(C)s1)CCN2C. The Labute approximate surface area is 159 Å². The quantitative estimate of drug-likeness (QED) is 0.801. The molecule has 2 aliphatic heterocycles. The number of likely N-dealkylation sites (N-methyl/N-ethyl adjacent to an activating group) is 1. The third-order valence-electron chi connectivity index (χ3n) is 5.81. The van der Waals surface area contributed by atoms with E-state index in [9.17, 15) is 9.59 Å². The largest absolute Gasteiger partial charge is 0.383 e. The second-order valence-corrected chi connectivity index (χ2v) is 8.69. The van der Waals surface area contributed by atoms with Crippen molar-refractivity contribution < 1.29 is 14.3 Å². The lowest BCUT2D eigenvalue weighted by Gasteiger charge is -2.49. The van der Waals surface area contributed by atoms with Gasteiger partial charge in [0.05, 0.1) is 11.5 Å². The molecule has 3 rings (SSSR count). The molecule has 26 heavy (non-hydrogen) atoms. The molecule has 2 saturated heterocycles. The zero-order valence-electron chi connectivity index (χ0n) is 16.0. The van der Waals surface area contributed by atoms with Gasteiger partial charge in [0.25, 0.3) is 5.91 Å². The second-order valence-electron chi connectivity index (χ2n) is 7.41. The van der Waals surface area contributed by atoms with Crippen LogP contribution in [-0.4, -0.2) is 85.5 Å². The molecule has 0 unspecified atom stereocenters. The maximum absolute atomic E-state index is 12.9. The zero-order valence-corrected chi connectivity index (χ0v) is 16.8. The summed E-state index contributed by atoms with van der Waals surface area (Å²) in [5, 5.41) is 0. The number of ether oxygens (including phenoxy) is 1. The molecular weight excluding hydrogens is 350 g/mol. The fourth-order valence-corrected chi connectivity index (χ4v) is 4.85. The van der Waals surface area contributed by atoms with Gasteiger partial charge in [-0.2, -0.15) is 0 Å². The van der Waals surface area contributed by atoms with Crippen LogP contribution in [0.1, 0.15) is 33.8 Å². The van der Waals surface area contributed by atoms with E-state index in [2.05, 4.69) is 11.9 Å². The predicted octanol–water partition coefficient (Wildman–Crippen LogP) is 1.84. The fourth-order valence-electron chi connectivity index (χ4n) is 4.01. The number of hydrogen-bond acceptors (Lipinski definition) is 5. The van der Waals surface area contributed by atoms with Gasteiger partial charge in [0.15, 0.2) is 0 Å². The average molecular weight is 380 g/mol. The third-order valence-corrected chi connectivity index (χ3v) is 6.80. The number of methoxy groups -OCH3 is 1. The molecule has 144 valence electrons. The highest BCUT2D eigenvalue weighted by Crippen LogP contribution is 2.33. The molecule has 3 heterocycles. The highest BCUT2D eigenvalue weighted by atomic mass is 32.1. The predicted molar refractivity (Wildman–Crippen MR) is 103 cm³/mol. The second kappa shape index (κ2) is 8.06. The molecule has 0 aromatic carbocycles. The summed E-state index contributed by atoms with van der Waals surface area (Å²) in [7, 11) is 3.79. The van der Waals surface area contributed by atoms with Crippen molar-refractivity contribution in [3.8, 4) is 0 Å². The van der Waals surface area contributed by atoms with Crippen molar-refractivity contribution in [3.63, 3.8) is 0 Å². The van der Waals surface area contributed by atoms with E-state index in [0.29, 0.717) is 26.1 Å². The highest BCUT2D eigenvalue weighted by molar-refractivity contribution is 7.13. The standard InChI is InChI=1S/C19H29N3O3S/c1-15-4-5-16(26-15)18(24)22-11-10-20(2)19(14-22)7-6-17(23)21(9-8-19)12-13-25-3/h4-5H,6-14H2,1-3H3/t19-/m1/s1. The maximum Gasteiger partial charge on any atom is 0.264 e. The van der Waals surface area contributed by atoms with E-state index in [-0.39, 0.29) is 17.4 Å². The van der Waals surface area contributed by atoms with Gasteiger partial charge < -0.3 is 14.5 Å². The van der Waals surface area contributed by atoms with Crippen molar-refractivity contribution in [2.24, 2.45) is 0 Å². The summed E-state index contributed by atoms with van der Waals surface area (Å²) in [6.07, 6.45) is 2.24. The molecule has 7 heteroatoms. The molecule has 0 saturated carbocycles. The van der Waals surface area contributed by atoms with Crippen LogP contribution in [0.3, 0.4) is 0 Å². The Morgan fingerprint density at radius 3 is 2.77 bits per heavy atom. The Hall–Kier alpha value is -1.44. The van der Waals surface area contributed by atoms with E-state index in [1.54, 1.807) is 18.4 Å². The van der Waals surface area contributed by atoms with Gasteiger partial charge in [0.2, 0.25) is 5.91 Å². The molecule has 6 nitrogen and oxygen atoms in total. The normalized spacial score (nSPS) is 25.0. The molecule has 1 aromatic heterocycles. The van der Waals surface area contributed by atoms with Gasteiger partial charge in [-0.05, 0) is 38.9 Å². The number of nitrogens with zero attached hydrogens (tertiary/aromatic N) is 3. The summed E-state index contributed by atoms with van der Waals surface area (Å²) in [4.78, 5) is 33.6. The van der Waals surface area contributed by atoms with E-state index < -0.39 is 0 Å². The average Bonchev–Trinajstić information content (AvgIpc) is 3.00. The monoisotopic (exact) mass is 379 g/mol. The Balaban J connectivity index is 1.73. The summed E-state index contributed by atoms with van der Waals surface area (Å²) < 4.78 is 5.14. The lowest BCUT2D eigenvalue weighted by Crippen LogP contribution is -2.62. The van der Waals surface area contributed by atoms with Crippen molar-refractivity contribution in [1.29, 1.82) is 0 Å². The molecule has 1 atom stereocenters. The molecule has 0 aliphatic carbocycles. The first-order valence-corrected chi connectivity index (χ1v) is 10.1. The van der Waals surface area contributed by atoms with Crippen molar-refractivity contribution in [2.45, 2.75) is 31.7 Å². The van der Waals surface area contributed by atoms with Gasteiger partial charge in [-0.1, -0.05) is 0 Å². The van der Waals surface area contributed by atoms with Gasteiger partial charge in [-0.15, -0.1) is 11.3 Å². The minimum absolute atomic E-state index is 0.113. The van der Waals surface area contributed by atoms with E-state index in [0.717, 1.165) is 42.2 Å². The minimum atomic E-state index is -0.113. The number of likely N-dealkylation sites (tertiary alicyclic amines) is 1.